The average Bonchev–Trinajstić information content (AvgIpc) is 2.86. The topological polar surface area (TPSA) is 96.0 Å². The second kappa shape index (κ2) is 14.6. The molecular weight excluding hydrogens is 549 g/mol. The van der Waals surface area contributed by atoms with Crippen LogP contribution in [0.3, 0.4) is 0 Å². The van der Waals surface area contributed by atoms with E-state index in [4.69, 9.17) is 27.9 Å². The van der Waals surface area contributed by atoms with E-state index in [1.807, 2.05) is 20.8 Å². The maximum absolute atomic E-state index is 13.4. The molecule has 2 amide bonds. The Morgan fingerprint density at radius 2 is 1.63 bits per heavy atom. The summed E-state index contributed by atoms with van der Waals surface area (Å²) in [5.41, 5.74) is 1.02. The fourth-order valence-electron chi connectivity index (χ4n) is 3.78. The molecule has 11 heteroatoms. The lowest BCUT2D eigenvalue weighted by molar-refractivity contribution is -0.140. The number of carbonyl (C=O) groups excluding carboxylic acids is 2. The second-order valence-electron chi connectivity index (χ2n) is 9.08. The van der Waals surface area contributed by atoms with Crippen LogP contribution in [0.25, 0.3) is 0 Å². The second-order valence-corrected chi connectivity index (χ2v) is 11.8. The molecule has 0 aromatic heterocycles. The van der Waals surface area contributed by atoms with E-state index in [2.05, 4.69) is 5.32 Å². The van der Waals surface area contributed by atoms with Gasteiger partial charge in [0.25, 0.3) is 0 Å². The van der Waals surface area contributed by atoms with E-state index >= 15 is 0 Å². The summed E-state index contributed by atoms with van der Waals surface area (Å²) in [5, 5.41) is 3.70. The van der Waals surface area contributed by atoms with Crippen molar-refractivity contribution in [2.45, 2.75) is 65.6 Å². The van der Waals surface area contributed by atoms with Crippen molar-refractivity contribution in [1.82, 2.24) is 10.2 Å². The SMILES string of the molecule is CCOc1ccc(N(CCCC(=O)N(Cc2c(Cl)cccc2Cl)[C@H](C)C(=O)N[C@H](C)CC)S(C)(=O)=O)cc1. The van der Waals surface area contributed by atoms with Crippen molar-refractivity contribution < 1.29 is 22.7 Å². The highest BCUT2D eigenvalue weighted by atomic mass is 35.5. The number of nitrogens with one attached hydrogen (secondary N) is 1. The van der Waals surface area contributed by atoms with Crippen LogP contribution >= 0.6 is 23.2 Å². The molecule has 210 valence electrons. The summed E-state index contributed by atoms with van der Waals surface area (Å²) < 4.78 is 31.7. The Morgan fingerprint density at radius 1 is 1.03 bits per heavy atom. The molecule has 0 aliphatic carbocycles. The third kappa shape index (κ3) is 9.06. The van der Waals surface area contributed by atoms with Crippen molar-refractivity contribution in [3.63, 3.8) is 0 Å². The molecule has 0 radical (unpaired) electrons. The van der Waals surface area contributed by atoms with Gasteiger partial charge in [0, 0.05) is 41.2 Å². The van der Waals surface area contributed by atoms with Crippen LogP contribution in [-0.2, 0) is 26.2 Å². The number of halogens is 2. The molecule has 2 atom stereocenters. The van der Waals surface area contributed by atoms with Crippen molar-refractivity contribution in [3.8, 4) is 5.75 Å². The van der Waals surface area contributed by atoms with Crippen molar-refractivity contribution in [1.29, 1.82) is 0 Å². The molecule has 0 aliphatic rings. The molecule has 0 saturated carbocycles. The van der Waals surface area contributed by atoms with Crippen molar-refractivity contribution in [2.24, 2.45) is 0 Å². The van der Waals surface area contributed by atoms with E-state index in [1.54, 1.807) is 49.4 Å². The van der Waals surface area contributed by atoms with E-state index in [-0.39, 0.29) is 43.8 Å². The van der Waals surface area contributed by atoms with Gasteiger partial charge >= 0.3 is 0 Å². The number of ether oxygens (including phenoxy) is 1. The summed E-state index contributed by atoms with van der Waals surface area (Å²) >= 11 is 12.7. The van der Waals surface area contributed by atoms with E-state index in [1.165, 1.54) is 9.21 Å². The van der Waals surface area contributed by atoms with Gasteiger partial charge in [-0.25, -0.2) is 8.42 Å². The first-order valence-corrected chi connectivity index (χ1v) is 15.2. The zero-order valence-electron chi connectivity index (χ0n) is 22.5. The zero-order chi connectivity index (χ0) is 28.5. The van der Waals surface area contributed by atoms with Gasteiger partial charge in [0.05, 0.1) is 18.6 Å². The maximum Gasteiger partial charge on any atom is 0.242 e. The molecule has 0 aliphatic heterocycles. The van der Waals surface area contributed by atoms with Crippen LogP contribution in [0.2, 0.25) is 10.0 Å². The number of hydrogen-bond donors (Lipinski definition) is 1. The molecule has 0 bridgehead atoms. The van der Waals surface area contributed by atoms with Gasteiger partial charge in [0.15, 0.2) is 0 Å². The molecule has 38 heavy (non-hydrogen) atoms. The zero-order valence-corrected chi connectivity index (χ0v) is 24.9. The standard InChI is InChI=1S/C27H37Cl2N3O5S/c1-6-19(3)30-27(34)20(4)31(18-23-24(28)10-8-11-25(23)29)26(33)12-9-17-32(38(5,35)36)21-13-15-22(16-14-21)37-7-2/h8,10-11,13-16,19-20H,6-7,9,12,17-18H2,1-5H3,(H,30,34)/t19-,20-/m1/s1. The predicted octanol–water partition coefficient (Wildman–Crippen LogP) is 5.27. The molecule has 8 nitrogen and oxygen atoms in total. The molecule has 2 aromatic rings. The Bertz CT molecular complexity index is 1170. The number of amides is 2. The lowest BCUT2D eigenvalue weighted by atomic mass is 10.1. The quantitative estimate of drug-likeness (QED) is 0.326. The Morgan fingerprint density at radius 3 is 2.16 bits per heavy atom. The van der Waals surface area contributed by atoms with Crippen molar-refractivity contribution >= 4 is 50.7 Å². The van der Waals surface area contributed by atoms with Crippen LogP contribution in [0.5, 0.6) is 5.75 Å². The lowest BCUT2D eigenvalue weighted by Gasteiger charge is -2.30. The third-order valence-electron chi connectivity index (χ3n) is 6.15. The minimum absolute atomic E-state index is 0.0199. The Balaban J connectivity index is 2.21. The number of benzene rings is 2. The molecule has 0 heterocycles. The Labute approximate surface area is 236 Å². The molecule has 2 rings (SSSR count). The summed E-state index contributed by atoms with van der Waals surface area (Å²) in [6, 6.07) is 11.0. The molecule has 0 saturated heterocycles. The van der Waals surface area contributed by atoms with Gasteiger partial charge in [-0.3, -0.25) is 13.9 Å². The Hall–Kier alpha value is -2.49. The monoisotopic (exact) mass is 585 g/mol. The third-order valence-corrected chi connectivity index (χ3v) is 8.05. The highest BCUT2D eigenvalue weighted by Crippen LogP contribution is 2.27. The predicted molar refractivity (Wildman–Crippen MR) is 153 cm³/mol. The van der Waals surface area contributed by atoms with Gasteiger partial charge in [-0.15, -0.1) is 0 Å². The van der Waals surface area contributed by atoms with Gasteiger partial charge in [-0.2, -0.15) is 0 Å². The smallest absolute Gasteiger partial charge is 0.242 e. The highest BCUT2D eigenvalue weighted by Gasteiger charge is 2.28. The van der Waals surface area contributed by atoms with E-state index in [9.17, 15) is 18.0 Å². The number of nitrogens with zero attached hydrogens (tertiary/aromatic N) is 2. The van der Waals surface area contributed by atoms with Crippen LogP contribution < -0.4 is 14.4 Å². The van der Waals surface area contributed by atoms with Gasteiger partial charge in [0.1, 0.15) is 11.8 Å². The van der Waals surface area contributed by atoms with Gasteiger partial charge in [-0.05, 0) is 70.0 Å². The summed E-state index contributed by atoms with van der Waals surface area (Å²) in [6.07, 6.45) is 2.13. The van der Waals surface area contributed by atoms with E-state index in [0.717, 1.165) is 12.7 Å². The van der Waals surface area contributed by atoms with Crippen molar-refractivity contribution in [2.75, 3.05) is 23.7 Å². The summed E-state index contributed by atoms with van der Waals surface area (Å²) in [4.78, 5) is 27.8. The average molecular weight is 587 g/mol. The summed E-state index contributed by atoms with van der Waals surface area (Å²) in [6.45, 7) is 8.01. The maximum atomic E-state index is 13.4. The fourth-order valence-corrected chi connectivity index (χ4v) is 5.26. The minimum atomic E-state index is -3.60. The molecule has 0 unspecified atom stereocenters. The summed E-state index contributed by atoms with van der Waals surface area (Å²) in [5.74, 6) is 0.0365. The molecular formula is C27H37Cl2N3O5S. The first-order chi connectivity index (χ1) is 17.9. The molecule has 2 aromatic carbocycles. The van der Waals surface area contributed by atoms with E-state index in [0.29, 0.717) is 33.7 Å². The minimum Gasteiger partial charge on any atom is -0.494 e. The number of carbonyl (C=O) groups is 2. The number of anilines is 1. The Kier molecular flexibility index (Phi) is 12.2. The van der Waals surface area contributed by atoms with Gasteiger partial charge in [-0.1, -0.05) is 36.2 Å². The van der Waals surface area contributed by atoms with Crippen LogP contribution in [-0.4, -0.2) is 56.6 Å². The summed E-state index contributed by atoms with van der Waals surface area (Å²) in [7, 11) is -3.60. The normalized spacial score (nSPS) is 12.9. The van der Waals surface area contributed by atoms with Crippen LogP contribution in [0, 0.1) is 0 Å². The van der Waals surface area contributed by atoms with Gasteiger partial charge in [0.2, 0.25) is 21.8 Å². The molecule has 0 spiro atoms. The van der Waals surface area contributed by atoms with Gasteiger partial charge < -0.3 is 15.0 Å². The highest BCUT2D eigenvalue weighted by molar-refractivity contribution is 7.92. The van der Waals surface area contributed by atoms with Crippen molar-refractivity contribution in [3.05, 3.63) is 58.1 Å². The number of hydrogen-bond acceptors (Lipinski definition) is 5. The first kappa shape index (κ1) is 31.7. The van der Waals surface area contributed by atoms with Crippen LogP contribution in [0.15, 0.2) is 42.5 Å². The number of sulfonamides is 1. The van der Waals surface area contributed by atoms with E-state index < -0.39 is 16.1 Å². The first-order valence-electron chi connectivity index (χ1n) is 12.6. The van der Waals surface area contributed by atoms with Crippen LogP contribution in [0.1, 0.15) is 52.5 Å². The molecule has 0 fully saturated rings. The largest absolute Gasteiger partial charge is 0.494 e. The fraction of sp³-hybridized carbons (Fsp3) is 0.481. The molecule has 1 N–H and O–H groups in total. The number of rotatable bonds is 14. The lowest BCUT2D eigenvalue weighted by Crippen LogP contribution is -2.49. The van der Waals surface area contributed by atoms with Crippen LogP contribution in [0.4, 0.5) is 5.69 Å².